The van der Waals surface area contributed by atoms with Crippen LogP contribution in [0.5, 0.6) is 11.5 Å². The van der Waals surface area contributed by atoms with Gasteiger partial charge in [0, 0.05) is 10.8 Å². The second-order valence-corrected chi connectivity index (χ2v) is 5.90. The lowest BCUT2D eigenvalue weighted by atomic mass is 9.72. The fourth-order valence-corrected chi connectivity index (χ4v) is 3.10. The molecule has 2 aromatic rings. The molecule has 0 aromatic heterocycles. The summed E-state index contributed by atoms with van der Waals surface area (Å²) in [6.45, 7) is 4.49. The molecule has 2 aromatic carbocycles. The molecule has 0 amide bonds. The average molecular weight is 242 g/mol. The summed E-state index contributed by atoms with van der Waals surface area (Å²) in [5, 5.41) is 21.4. The van der Waals surface area contributed by atoms with Gasteiger partial charge in [0.25, 0.3) is 0 Å². The number of aryl methyl sites for hydroxylation is 1. The number of fused-ring (bicyclic) bond motifs is 2. The fourth-order valence-electron chi connectivity index (χ4n) is 3.10. The topological polar surface area (TPSA) is 40.5 Å². The first kappa shape index (κ1) is 11.4. The molecule has 3 rings (SSSR count). The Morgan fingerprint density at radius 2 is 1.61 bits per heavy atom. The maximum absolute atomic E-state index is 9.96. The minimum atomic E-state index is 0.152. The first-order chi connectivity index (χ1) is 8.49. The first-order valence-electron chi connectivity index (χ1n) is 6.47. The van der Waals surface area contributed by atoms with E-state index in [1.807, 2.05) is 6.07 Å². The van der Waals surface area contributed by atoms with Crippen LogP contribution in [0.1, 0.15) is 37.8 Å². The summed E-state index contributed by atoms with van der Waals surface area (Å²) in [5.74, 6) is 0.487. The molecule has 94 valence electrons. The quantitative estimate of drug-likeness (QED) is 0.688. The van der Waals surface area contributed by atoms with Gasteiger partial charge in [-0.25, -0.2) is 0 Å². The van der Waals surface area contributed by atoms with Crippen LogP contribution in [-0.2, 0) is 11.8 Å². The first-order valence-corrected chi connectivity index (χ1v) is 6.47. The normalized spacial score (nSPS) is 17.7. The molecule has 2 nitrogen and oxygen atoms in total. The van der Waals surface area contributed by atoms with Crippen LogP contribution in [0.3, 0.4) is 0 Å². The highest BCUT2D eigenvalue weighted by molar-refractivity contribution is 5.94. The van der Waals surface area contributed by atoms with Gasteiger partial charge in [0.1, 0.15) is 11.5 Å². The smallest absolute Gasteiger partial charge is 0.123 e. The van der Waals surface area contributed by atoms with Crippen molar-refractivity contribution in [2.24, 2.45) is 0 Å². The van der Waals surface area contributed by atoms with Gasteiger partial charge in [0.15, 0.2) is 0 Å². The standard InChI is InChI=1S/C16H18O2/c1-16(2)7-3-4-10-8-11-12(9-13(10)16)15(18)6-5-14(11)17/h5-6,8-9,17-18H,3-4,7H2,1-2H3. The molecule has 0 unspecified atom stereocenters. The number of phenols is 2. The van der Waals surface area contributed by atoms with Crippen molar-refractivity contribution in [2.75, 3.05) is 0 Å². The molecule has 1 aliphatic carbocycles. The van der Waals surface area contributed by atoms with E-state index in [2.05, 4.69) is 19.9 Å². The lowest BCUT2D eigenvalue weighted by molar-refractivity contribution is 0.431. The highest BCUT2D eigenvalue weighted by atomic mass is 16.3. The highest BCUT2D eigenvalue weighted by Gasteiger charge is 2.28. The highest BCUT2D eigenvalue weighted by Crippen LogP contribution is 2.42. The molecule has 0 bridgehead atoms. The molecule has 0 saturated carbocycles. The number of hydrogen-bond donors (Lipinski definition) is 2. The molecule has 0 saturated heterocycles. The predicted octanol–water partition coefficient (Wildman–Crippen LogP) is 3.86. The van der Waals surface area contributed by atoms with Gasteiger partial charge in [-0.15, -0.1) is 0 Å². The maximum atomic E-state index is 9.96. The Morgan fingerprint density at radius 3 is 2.28 bits per heavy atom. The molecule has 0 aliphatic heterocycles. The van der Waals surface area contributed by atoms with Gasteiger partial charge in [0.05, 0.1) is 0 Å². The van der Waals surface area contributed by atoms with Crippen molar-refractivity contribution in [1.82, 2.24) is 0 Å². The van der Waals surface area contributed by atoms with Crippen LogP contribution < -0.4 is 0 Å². The maximum Gasteiger partial charge on any atom is 0.123 e. The van der Waals surface area contributed by atoms with Gasteiger partial charge < -0.3 is 10.2 Å². The van der Waals surface area contributed by atoms with Crippen LogP contribution in [0.4, 0.5) is 0 Å². The zero-order valence-corrected chi connectivity index (χ0v) is 10.8. The van der Waals surface area contributed by atoms with Crippen molar-refractivity contribution in [3.63, 3.8) is 0 Å². The molecule has 18 heavy (non-hydrogen) atoms. The van der Waals surface area contributed by atoms with Gasteiger partial charge in [0.2, 0.25) is 0 Å². The van der Waals surface area contributed by atoms with Crippen LogP contribution in [0, 0.1) is 0 Å². The second-order valence-electron chi connectivity index (χ2n) is 5.90. The molecule has 0 radical (unpaired) electrons. The third-order valence-electron chi connectivity index (χ3n) is 4.17. The van der Waals surface area contributed by atoms with Gasteiger partial charge >= 0.3 is 0 Å². The Kier molecular flexibility index (Phi) is 2.31. The SMILES string of the molecule is CC1(C)CCCc2cc3c(O)ccc(O)c3cc21. The van der Waals surface area contributed by atoms with E-state index < -0.39 is 0 Å². The van der Waals surface area contributed by atoms with Crippen molar-refractivity contribution in [3.05, 3.63) is 35.4 Å². The van der Waals surface area contributed by atoms with Crippen LogP contribution in [0.2, 0.25) is 0 Å². The molecule has 0 spiro atoms. The lowest BCUT2D eigenvalue weighted by Gasteiger charge is -2.33. The van der Waals surface area contributed by atoms with E-state index in [1.54, 1.807) is 12.1 Å². The van der Waals surface area contributed by atoms with Crippen molar-refractivity contribution in [1.29, 1.82) is 0 Å². The van der Waals surface area contributed by atoms with E-state index in [0.29, 0.717) is 0 Å². The van der Waals surface area contributed by atoms with Crippen LogP contribution in [-0.4, -0.2) is 10.2 Å². The van der Waals surface area contributed by atoms with Crippen LogP contribution in [0.25, 0.3) is 10.8 Å². The van der Waals surface area contributed by atoms with Gasteiger partial charge in [-0.1, -0.05) is 13.8 Å². The number of benzene rings is 2. The summed E-state index contributed by atoms with van der Waals surface area (Å²) in [6.07, 6.45) is 3.42. The second kappa shape index (κ2) is 3.64. The van der Waals surface area contributed by atoms with Crippen molar-refractivity contribution in [2.45, 2.75) is 38.5 Å². The summed E-state index contributed by atoms with van der Waals surface area (Å²) in [7, 11) is 0. The Balaban J connectivity index is 2.37. The zero-order valence-electron chi connectivity index (χ0n) is 10.8. The summed E-state index contributed by atoms with van der Waals surface area (Å²) in [5.41, 5.74) is 2.77. The van der Waals surface area contributed by atoms with E-state index in [0.717, 1.165) is 17.2 Å². The Hall–Kier alpha value is -1.70. The third kappa shape index (κ3) is 1.56. The monoisotopic (exact) mass is 242 g/mol. The number of rotatable bonds is 0. The molecule has 2 heteroatoms. The summed E-state index contributed by atoms with van der Waals surface area (Å²) in [6, 6.07) is 7.21. The van der Waals surface area contributed by atoms with E-state index >= 15 is 0 Å². The average Bonchev–Trinajstić information content (AvgIpc) is 2.33. The Bertz CT molecular complexity index is 627. The third-order valence-corrected chi connectivity index (χ3v) is 4.17. The Labute approximate surface area is 107 Å². The molecule has 0 atom stereocenters. The van der Waals surface area contributed by atoms with E-state index in [-0.39, 0.29) is 16.9 Å². The summed E-state index contributed by atoms with van der Waals surface area (Å²) in [4.78, 5) is 0. The minimum Gasteiger partial charge on any atom is -0.507 e. The number of phenolic OH excluding ortho intramolecular Hbond substituents is 2. The van der Waals surface area contributed by atoms with E-state index in [1.165, 1.54) is 24.0 Å². The lowest BCUT2D eigenvalue weighted by Crippen LogP contribution is -2.23. The molecular formula is C16H18O2. The van der Waals surface area contributed by atoms with Crippen LogP contribution >= 0.6 is 0 Å². The van der Waals surface area contributed by atoms with Gasteiger partial charge in [-0.2, -0.15) is 0 Å². The molecule has 1 aliphatic rings. The van der Waals surface area contributed by atoms with Crippen molar-refractivity contribution >= 4 is 10.8 Å². The molecule has 0 fully saturated rings. The Morgan fingerprint density at radius 1 is 1.00 bits per heavy atom. The molecule has 2 N–H and O–H groups in total. The zero-order chi connectivity index (χ0) is 12.9. The number of aromatic hydroxyl groups is 2. The van der Waals surface area contributed by atoms with Crippen molar-refractivity contribution in [3.8, 4) is 11.5 Å². The largest absolute Gasteiger partial charge is 0.507 e. The molecule has 0 heterocycles. The van der Waals surface area contributed by atoms with Crippen molar-refractivity contribution < 1.29 is 10.2 Å². The van der Waals surface area contributed by atoms with E-state index in [9.17, 15) is 10.2 Å². The van der Waals surface area contributed by atoms with Crippen LogP contribution in [0.15, 0.2) is 24.3 Å². The van der Waals surface area contributed by atoms with E-state index in [4.69, 9.17) is 0 Å². The minimum absolute atomic E-state index is 0.152. The summed E-state index contributed by atoms with van der Waals surface area (Å²) < 4.78 is 0. The molecular weight excluding hydrogens is 224 g/mol. The number of hydrogen-bond acceptors (Lipinski definition) is 2. The predicted molar refractivity (Wildman–Crippen MR) is 73.2 cm³/mol. The fraction of sp³-hybridized carbons (Fsp3) is 0.375. The van der Waals surface area contributed by atoms with Gasteiger partial charge in [-0.3, -0.25) is 0 Å². The summed E-state index contributed by atoms with van der Waals surface area (Å²) >= 11 is 0. The van der Waals surface area contributed by atoms with Gasteiger partial charge in [-0.05, 0) is 60.1 Å².